The number of hydrogen-bond donors (Lipinski definition) is 1. The summed E-state index contributed by atoms with van der Waals surface area (Å²) in [6, 6.07) is 0. The summed E-state index contributed by atoms with van der Waals surface area (Å²) in [5.74, 6) is 3.66. The van der Waals surface area contributed by atoms with E-state index in [0.717, 1.165) is 5.92 Å². The first-order valence-electron chi connectivity index (χ1n) is 4.72. The van der Waals surface area contributed by atoms with Crippen LogP contribution in [0.3, 0.4) is 0 Å². The predicted octanol–water partition coefficient (Wildman–Crippen LogP) is 0.891. The molecule has 3 heteroatoms. The van der Waals surface area contributed by atoms with Gasteiger partial charge in [0, 0.05) is 0 Å². The van der Waals surface area contributed by atoms with Gasteiger partial charge in [-0.25, -0.2) is 0 Å². The molecule has 0 spiro atoms. The average molecular weight is 188 g/mol. The van der Waals surface area contributed by atoms with Gasteiger partial charge in [-0.15, -0.1) is 0 Å². The van der Waals surface area contributed by atoms with Crippen LogP contribution in [0.4, 0.5) is 0 Å². The van der Waals surface area contributed by atoms with Crippen LogP contribution in [-0.4, -0.2) is 50.1 Å². The second-order valence-electron chi connectivity index (χ2n) is 3.76. The minimum atomic E-state index is 0.967. The smallest absolute Gasteiger partial charge is 0.0000326 e. The van der Waals surface area contributed by atoms with Gasteiger partial charge in [-0.05, 0) is 57.6 Å². The van der Waals surface area contributed by atoms with Crippen molar-refractivity contribution >= 4 is 11.8 Å². The van der Waals surface area contributed by atoms with Crippen molar-refractivity contribution in [1.29, 1.82) is 0 Å². The van der Waals surface area contributed by atoms with Gasteiger partial charge in [0.15, 0.2) is 0 Å². The van der Waals surface area contributed by atoms with Crippen LogP contribution in [-0.2, 0) is 0 Å². The first-order valence-corrected chi connectivity index (χ1v) is 5.87. The third kappa shape index (κ3) is 4.33. The molecule has 0 amide bonds. The van der Waals surface area contributed by atoms with E-state index in [2.05, 4.69) is 36.1 Å². The molecule has 0 aromatic carbocycles. The number of nitrogens with zero attached hydrogens (tertiary/aromatic N) is 1. The van der Waals surface area contributed by atoms with E-state index >= 15 is 0 Å². The minimum absolute atomic E-state index is 0.967. The van der Waals surface area contributed by atoms with E-state index in [9.17, 15) is 0 Å². The van der Waals surface area contributed by atoms with Crippen molar-refractivity contribution in [2.45, 2.75) is 6.42 Å². The molecule has 0 aromatic heterocycles. The summed E-state index contributed by atoms with van der Waals surface area (Å²) in [5, 5.41) is 3.30. The molecule has 1 saturated heterocycles. The molecule has 1 fully saturated rings. The molecule has 1 aliphatic heterocycles. The zero-order chi connectivity index (χ0) is 8.81. The van der Waals surface area contributed by atoms with Crippen molar-refractivity contribution in [3.05, 3.63) is 0 Å². The summed E-state index contributed by atoms with van der Waals surface area (Å²) in [6.07, 6.45) is 1.33. The van der Waals surface area contributed by atoms with Crippen molar-refractivity contribution < 1.29 is 0 Å². The van der Waals surface area contributed by atoms with Gasteiger partial charge < -0.3 is 10.2 Å². The number of hydrogen-bond acceptors (Lipinski definition) is 3. The van der Waals surface area contributed by atoms with Crippen LogP contribution in [0.15, 0.2) is 0 Å². The van der Waals surface area contributed by atoms with E-state index in [0.29, 0.717) is 0 Å². The summed E-state index contributed by atoms with van der Waals surface area (Å²) in [6.45, 7) is 3.73. The second-order valence-corrected chi connectivity index (χ2v) is 4.91. The highest BCUT2D eigenvalue weighted by molar-refractivity contribution is 7.99. The molecule has 0 saturated carbocycles. The van der Waals surface area contributed by atoms with E-state index in [-0.39, 0.29) is 0 Å². The SMILES string of the molecule is CN(C)CCCSCC1CNC1. The molecule has 1 N–H and O–H groups in total. The lowest BCUT2D eigenvalue weighted by Gasteiger charge is -2.26. The second kappa shape index (κ2) is 5.84. The maximum atomic E-state index is 3.30. The summed E-state index contributed by atoms with van der Waals surface area (Å²) < 4.78 is 0. The summed E-state index contributed by atoms with van der Waals surface area (Å²) >= 11 is 2.11. The fourth-order valence-electron chi connectivity index (χ4n) is 1.20. The molecule has 1 aliphatic rings. The van der Waals surface area contributed by atoms with Crippen molar-refractivity contribution in [3.63, 3.8) is 0 Å². The molecular formula is C9H20N2S. The van der Waals surface area contributed by atoms with Crippen molar-refractivity contribution in [2.75, 3.05) is 45.2 Å². The van der Waals surface area contributed by atoms with Crippen LogP contribution < -0.4 is 5.32 Å². The zero-order valence-electron chi connectivity index (χ0n) is 8.18. The van der Waals surface area contributed by atoms with Gasteiger partial charge in [0.1, 0.15) is 0 Å². The van der Waals surface area contributed by atoms with Crippen LogP contribution in [0.2, 0.25) is 0 Å². The number of thioether (sulfide) groups is 1. The van der Waals surface area contributed by atoms with E-state index < -0.39 is 0 Å². The van der Waals surface area contributed by atoms with Crippen molar-refractivity contribution in [2.24, 2.45) is 5.92 Å². The van der Waals surface area contributed by atoms with Gasteiger partial charge in [0.25, 0.3) is 0 Å². The monoisotopic (exact) mass is 188 g/mol. The van der Waals surface area contributed by atoms with Gasteiger partial charge in [0.05, 0.1) is 0 Å². The van der Waals surface area contributed by atoms with E-state index in [4.69, 9.17) is 0 Å². The van der Waals surface area contributed by atoms with Gasteiger partial charge in [-0.1, -0.05) is 0 Å². The third-order valence-corrected chi connectivity index (χ3v) is 3.40. The number of rotatable bonds is 6. The summed E-state index contributed by atoms with van der Waals surface area (Å²) in [4.78, 5) is 2.26. The molecule has 0 aliphatic carbocycles. The molecular weight excluding hydrogens is 168 g/mol. The predicted molar refractivity (Wildman–Crippen MR) is 56.9 cm³/mol. The first-order chi connectivity index (χ1) is 5.79. The van der Waals surface area contributed by atoms with Gasteiger partial charge in [0.2, 0.25) is 0 Å². The maximum absolute atomic E-state index is 3.30. The van der Waals surface area contributed by atoms with E-state index in [1.165, 1.54) is 37.6 Å². The molecule has 0 bridgehead atoms. The maximum Gasteiger partial charge on any atom is -0.0000326 e. The van der Waals surface area contributed by atoms with Gasteiger partial charge in [-0.3, -0.25) is 0 Å². The third-order valence-electron chi connectivity index (χ3n) is 2.11. The Morgan fingerprint density at radius 2 is 2.17 bits per heavy atom. The first kappa shape index (κ1) is 10.4. The lowest BCUT2D eigenvalue weighted by Crippen LogP contribution is -2.43. The standard InChI is InChI=1S/C9H20N2S/c1-11(2)4-3-5-12-8-9-6-10-7-9/h9-10H,3-8H2,1-2H3. The Kier molecular flexibility index (Phi) is 5.04. The molecule has 12 heavy (non-hydrogen) atoms. The molecule has 1 rings (SSSR count). The topological polar surface area (TPSA) is 15.3 Å². The molecule has 2 nitrogen and oxygen atoms in total. The lowest BCUT2D eigenvalue weighted by atomic mass is 10.1. The van der Waals surface area contributed by atoms with Crippen LogP contribution in [0, 0.1) is 5.92 Å². The highest BCUT2D eigenvalue weighted by Crippen LogP contribution is 2.12. The molecule has 0 radical (unpaired) electrons. The van der Waals surface area contributed by atoms with Gasteiger partial charge >= 0.3 is 0 Å². The van der Waals surface area contributed by atoms with Crippen LogP contribution >= 0.6 is 11.8 Å². The largest absolute Gasteiger partial charge is 0.316 e. The minimum Gasteiger partial charge on any atom is -0.316 e. The molecule has 0 atom stereocenters. The van der Waals surface area contributed by atoms with E-state index in [1.54, 1.807) is 0 Å². The summed E-state index contributed by atoms with van der Waals surface area (Å²) in [5.41, 5.74) is 0. The Labute approximate surface area is 80.1 Å². The normalized spacial score (nSPS) is 18.2. The fraction of sp³-hybridized carbons (Fsp3) is 1.00. The quantitative estimate of drug-likeness (QED) is 0.623. The highest BCUT2D eigenvalue weighted by Gasteiger charge is 2.15. The van der Waals surface area contributed by atoms with Crippen LogP contribution in [0.5, 0.6) is 0 Å². The number of nitrogens with one attached hydrogen (secondary N) is 1. The molecule has 1 heterocycles. The van der Waals surface area contributed by atoms with Crippen LogP contribution in [0.25, 0.3) is 0 Å². The Hall–Kier alpha value is 0.270. The van der Waals surface area contributed by atoms with E-state index in [1.807, 2.05) is 0 Å². The summed E-state index contributed by atoms with van der Waals surface area (Å²) in [7, 11) is 4.28. The van der Waals surface area contributed by atoms with Gasteiger partial charge in [-0.2, -0.15) is 11.8 Å². The zero-order valence-corrected chi connectivity index (χ0v) is 8.99. The fourth-order valence-corrected chi connectivity index (χ4v) is 2.27. The molecule has 0 unspecified atom stereocenters. The van der Waals surface area contributed by atoms with Crippen LogP contribution in [0.1, 0.15) is 6.42 Å². The highest BCUT2D eigenvalue weighted by atomic mass is 32.2. The van der Waals surface area contributed by atoms with Crippen molar-refractivity contribution in [3.8, 4) is 0 Å². The Bertz CT molecular complexity index is 113. The molecule has 0 aromatic rings. The Morgan fingerprint density at radius 3 is 2.67 bits per heavy atom. The molecule has 72 valence electrons. The lowest BCUT2D eigenvalue weighted by molar-refractivity contribution is 0.384. The van der Waals surface area contributed by atoms with Crippen molar-refractivity contribution in [1.82, 2.24) is 10.2 Å². The Balaban J connectivity index is 1.76. The average Bonchev–Trinajstić information content (AvgIpc) is 1.92. The Morgan fingerprint density at radius 1 is 1.42 bits per heavy atom.